The van der Waals surface area contributed by atoms with Gasteiger partial charge in [-0.25, -0.2) is 4.79 Å². The van der Waals surface area contributed by atoms with E-state index in [9.17, 15) is 4.79 Å². The Bertz CT molecular complexity index is 659. The van der Waals surface area contributed by atoms with Crippen LogP contribution in [0.2, 0.25) is 0 Å². The highest BCUT2D eigenvalue weighted by molar-refractivity contribution is 5.79. The van der Waals surface area contributed by atoms with Crippen LogP contribution in [-0.4, -0.2) is 18.2 Å². The molecule has 0 fully saturated rings. The van der Waals surface area contributed by atoms with Crippen LogP contribution < -0.4 is 4.74 Å². The van der Waals surface area contributed by atoms with Crippen LogP contribution in [0.1, 0.15) is 26.3 Å². The van der Waals surface area contributed by atoms with Crippen molar-refractivity contribution in [2.45, 2.75) is 33.3 Å². The van der Waals surface area contributed by atoms with Gasteiger partial charge in [0.05, 0.1) is 6.61 Å². The molecule has 2 aromatic rings. The first-order chi connectivity index (χ1) is 10.4. The maximum Gasteiger partial charge on any atom is 0.349 e. The lowest BCUT2D eigenvalue weighted by Gasteiger charge is -2.24. The minimum atomic E-state index is -1.01. The standard InChI is InChI=1S/C19H22O3/c1-5-21-18(20)19(3,4)22-16-11-8-10-15(13-16)17-12-7-6-9-14(17)2/h6-13H,5H2,1-4H3. The van der Waals surface area contributed by atoms with Crippen molar-refractivity contribution in [3.63, 3.8) is 0 Å². The molecule has 0 aliphatic rings. The van der Waals surface area contributed by atoms with Gasteiger partial charge >= 0.3 is 5.97 Å². The maximum absolute atomic E-state index is 11.9. The number of carbonyl (C=O) groups excluding carboxylic acids is 1. The van der Waals surface area contributed by atoms with E-state index in [0.717, 1.165) is 11.1 Å². The molecule has 0 atom stereocenters. The van der Waals surface area contributed by atoms with Crippen molar-refractivity contribution in [1.82, 2.24) is 0 Å². The molecule has 0 saturated carbocycles. The van der Waals surface area contributed by atoms with E-state index in [1.54, 1.807) is 20.8 Å². The van der Waals surface area contributed by atoms with Gasteiger partial charge < -0.3 is 9.47 Å². The van der Waals surface area contributed by atoms with Crippen LogP contribution in [0.5, 0.6) is 5.75 Å². The first-order valence-electron chi connectivity index (χ1n) is 7.46. The van der Waals surface area contributed by atoms with E-state index in [2.05, 4.69) is 19.1 Å². The Labute approximate surface area is 131 Å². The molecule has 2 aromatic carbocycles. The molecule has 0 bridgehead atoms. The summed E-state index contributed by atoms with van der Waals surface area (Å²) in [6, 6.07) is 15.9. The van der Waals surface area contributed by atoms with Crippen molar-refractivity contribution < 1.29 is 14.3 Å². The summed E-state index contributed by atoms with van der Waals surface area (Å²) in [6.07, 6.45) is 0. The molecule has 0 aliphatic carbocycles. The third kappa shape index (κ3) is 3.67. The van der Waals surface area contributed by atoms with Crippen molar-refractivity contribution >= 4 is 5.97 Å². The predicted molar refractivity (Wildman–Crippen MR) is 88.0 cm³/mol. The van der Waals surface area contributed by atoms with E-state index in [-0.39, 0.29) is 5.97 Å². The van der Waals surface area contributed by atoms with Gasteiger partial charge in [-0.15, -0.1) is 0 Å². The zero-order valence-corrected chi connectivity index (χ0v) is 13.6. The fourth-order valence-corrected chi connectivity index (χ4v) is 2.27. The summed E-state index contributed by atoms with van der Waals surface area (Å²) in [5.74, 6) is 0.287. The molecule has 3 heteroatoms. The zero-order chi connectivity index (χ0) is 16.2. The molecule has 0 radical (unpaired) electrons. The van der Waals surface area contributed by atoms with Crippen LogP contribution in [0, 0.1) is 6.92 Å². The molecule has 2 rings (SSSR count). The number of aryl methyl sites for hydroxylation is 1. The largest absolute Gasteiger partial charge is 0.476 e. The van der Waals surface area contributed by atoms with Gasteiger partial charge in [-0.1, -0.05) is 36.4 Å². The van der Waals surface area contributed by atoms with Crippen LogP contribution in [0.4, 0.5) is 0 Å². The van der Waals surface area contributed by atoms with Crippen LogP contribution in [0.25, 0.3) is 11.1 Å². The molecular weight excluding hydrogens is 276 g/mol. The van der Waals surface area contributed by atoms with Gasteiger partial charge in [0.2, 0.25) is 0 Å². The Kier molecular flexibility index (Phi) is 4.86. The summed E-state index contributed by atoms with van der Waals surface area (Å²) >= 11 is 0. The summed E-state index contributed by atoms with van der Waals surface area (Å²) in [7, 11) is 0. The third-order valence-electron chi connectivity index (χ3n) is 3.43. The van der Waals surface area contributed by atoms with Crippen LogP contribution in [0.3, 0.4) is 0 Å². The lowest BCUT2D eigenvalue weighted by molar-refractivity contribution is -0.158. The van der Waals surface area contributed by atoms with E-state index < -0.39 is 5.60 Å². The second-order valence-corrected chi connectivity index (χ2v) is 5.68. The molecule has 3 nitrogen and oxygen atoms in total. The molecule has 116 valence electrons. The lowest BCUT2D eigenvalue weighted by Crippen LogP contribution is -2.39. The average Bonchev–Trinajstić information content (AvgIpc) is 2.48. The van der Waals surface area contributed by atoms with Crippen LogP contribution in [-0.2, 0) is 9.53 Å². The summed E-state index contributed by atoms with van der Waals surface area (Å²) in [5, 5.41) is 0. The normalized spacial score (nSPS) is 11.1. The maximum atomic E-state index is 11.9. The van der Waals surface area contributed by atoms with Crippen LogP contribution >= 0.6 is 0 Å². The first kappa shape index (κ1) is 16.1. The summed E-state index contributed by atoms with van der Waals surface area (Å²) in [4.78, 5) is 11.9. The fourth-order valence-electron chi connectivity index (χ4n) is 2.27. The van der Waals surface area contributed by atoms with Crippen molar-refractivity contribution in [2.75, 3.05) is 6.61 Å². The van der Waals surface area contributed by atoms with E-state index in [1.165, 1.54) is 5.56 Å². The zero-order valence-electron chi connectivity index (χ0n) is 13.6. The highest BCUT2D eigenvalue weighted by Crippen LogP contribution is 2.28. The Morgan fingerprint density at radius 1 is 1.09 bits per heavy atom. The predicted octanol–water partition coefficient (Wildman–Crippen LogP) is 4.38. The van der Waals surface area contributed by atoms with Gasteiger partial charge in [-0.05, 0) is 56.5 Å². The number of rotatable bonds is 5. The molecule has 22 heavy (non-hydrogen) atoms. The van der Waals surface area contributed by atoms with Crippen molar-refractivity contribution in [3.8, 4) is 16.9 Å². The Hall–Kier alpha value is -2.29. The fraction of sp³-hybridized carbons (Fsp3) is 0.316. The monoisotopic (exact) mass is 298 g/mol. The summed E-state index contributed by atoms with van der Waals surface area (Å²) in [6.45, 7) is 7.63. The molecule has 0 saturated heterocycles. The van der Waals surface area contributed by atoms with Gasteiger partial charge in [0.1, 0.15) is 5.75 Å². The van der Waals surface area contributed by atoms with E-state index in [0.29, 0.717) is 12.4 Å². The minimum Gasteiger partial charge on any atom is -0.476 e. The second-order valence-electron chi connectivity index (χ2n) is 5.68. The lowest BCUT2D eigenvalue weighted by atomic mass is 10.0. The quantitative estimate of drug-likeness (QED) is 0.768. The number of esters is 1. The molecule has 0 heterocycles. The van der Waals surface area contributed by atoms with Crippen LogP contribution in [0.15, 0.2) is 48.5 Å². The van der Waals surface area contributed by atoms with Crippen molar-refractivity contribution in [1.29, 1.82) is 0 Å². The topological polar surface area (TPSA) is 35.5 Å². The highest BCUT2D eigenvalue weighted by atomic mass is 16.6. The number of hydrogen-bond donors (Lipinski definition) is 0. The smallest absolute Gasteiger partial charge is 0.349 e. The molecule has 0 aliphatic heterocycles. The van der Waals surface area contributed by atoms with Crippen molar-refractivity contribution in [3.05, 3.63) is 54.1 Å². The molecule has 0 N–H and O–H groups in total. The van der Waals surface area contributed by atoms with Gasteiger partial charge in [-0.3, -0.25) is 0 Å². The average molecular weight is 298 g/mol. The molecule has 0 spiro atoms. The Morgan fingerprint density at radius 2 is 1.82 bits per heavy atom. The second kappa shape index (κ2) is 6.65. The van der Waals surface area contributed by atoms with E-state index in [4.69, 9.17) is 9.47 Å². The van der Waals surface area contributed by atoms with Gasteiger partial charge in [-0.2, -0.15) is 0 Å². The molecule has 0 unspecified atom stereocenters. The third-order valence-corrected chi connectivity index (χ3v) is 3.43. The number of hydrogen-bond acceptors (Lipinski definition) is 3. The molecular formula is C19H22O3. The molecule has 0 aromatic heterocycles. The minimum absolute atomic E-state index is 0.342. The van der Waals surface area contributed by atoms with Gasteiger partial charge in [0.25, 0.3) is 0 Å². The molecule has 0 amide bonds. The highest BCUT2D eigenvalue weighted by Gasteiger charge is 2.31. The SMILES string of the molecule is CCOC(=O)C(C)(C)Oc1cccc(-c2ccccc2C)c1. The Balaban J connectivity index is 2.26. The summed E-state index contributed by atoms with van der Waals surface area (Å²) in [5.41, 5.74) is 2.40. The van der Waals surface area contributed by atoms with Crippen molar-refractivity contribution in [2.24, 2.45) is 0 Å². The number of carbonyl (C=O) groups is 1. The van der Waals surface area contributed by atoms with Gasteiger partial charge in [0, 0.05) is 0 Å². The Morgan fingerprint density at radius 3 is 2.50 bits per heavy atom. The van der Waals surface area contributed by atoms with E-state index in [1.807, 2.05) is 36.4 Å². The first-order valence-corrected chi connectivity index (χ1v) is 7.46. The number of benzene rings is 2. The number of ether oxygens (including phenoxy) is 2. The summed E-state index contributed by atoms with van der Waals surface area (Å²) < 4.78 is 10.9. The van der Waals surface area contributed by atoms with E-state index >= 15 is 0 Å². The van der Waals surface area contributed by atoms with Gasteiger partial charge in [0.15, 0.2) is 5.60 Å².